The highest BCUT2D eigenvalue weighted by Gasteiger charge is 2.33. The average Bonchev–Trinajstić information content (AvgIpc) is 3.44. The molecule has 0 saturated carbocycles. The number of halogens is 1. The van der Waals surface area contributed by atoms with Crippen LogP contribution in [0.4, 0.5) is 4.39 Å². The quantitative estimate of drug-likeness (QED) is 0.369. The molecule has 168 valence electrons. The summed E-state index contributed by atoms with van der Waals surface area (Å²) in [5, 5.41) is 8.28. The van der Waals surface area contributed by atoms with Crippen LogP contribution in [0.5, 0.6) is 23.0 Å². The zero-order chi connectivity index (χ0) is 22.7. The molecule has 0 bridgehead atoms. The number of nitrogens with two attached hydrogens (primary N) is 1. The first-order chi connectivity index (χ1) is 15.5. The van der Waals surface area contributed by atoms with E-state index in [9.17, 15) is 4.39 Å². The molecule has 4 rings (SSSR count). The molecular formula is C21H21FN4O5S. The normalized spacial score (nSPS) is 16.6. The van der Waals surface area contributed by atoms with Crippen molar-refractivity contribution in [3.8, 4) is 23.0 Å². The van der Waals surface area contributed by atoms with E-state index in [2.05, 4.69) is 15.7 Å². The van der Waals surface area contributed by atoms with Gasteiger partial charge in [-0.2, -0.15) is 5.10 Å². The lowest BCUT2D eigenvalue weighted by Crippen LogP contribution is -2.24. The van der Waals surface area contributed by atoms with E-state index in [1.54, 1.807) is 12.1 Å². The monoisotopic (exact) mass is 460 g/mol. The zero-order valence-electron chi connectivity index (χ0n) is 17.4. The lowest BCUT2D eigenvalue weighted by Gasteiger charge is -2.19. The molecule has 1 unspecified atom stereocenters. The Kier molecular flexibility index (Phi) is 6.26. The summed E-state index contributed by atoms with van der Waals surface area (Å²) in [4.78, 5) is 5.67. The Hall–Kier alpha value is -3.60. The van der Waals surface area contributed by atoms with Gasteiger partial charge in [-0.05, 0) is 29.9 Å². The summed E-state index contributed by atoms with van der Waals surface area (Å²) >= 11 is 4.81. The Morgan fingerprint density at radius 2 is 1.97 bits per heavy atom. The lowest BCUT2D eigenvalue weighted by atomic mass is 9.95. The van der Waals surface area contributed by atoms with Crippen LogP contribution in [-0.2, 0) is 11.3 Å². The van der Waals surface area contributed by atoms with E-state index in [-0.39, 0.29) is 23.8 Å². The highest BCUT2D eigenvalue weighted by atomic mass is 32.1. The molecule has 0 radical (unpaired) electrons. The lowest BCUT2D eigenvalue weighted by molar-refractivity contribution is 0.0853. The number of methoxy groups -OCH3 is 2. The number of nitrogens with one attached hydrogen (secondary N) is 1. The SMILES string of the molecule is COc1c(CC2CC(c3ccc(F)cc3)=NO2)c(C=NNC(N)=S)c2c(c1OC)OCO2. The van der Waals surface area contributed by atoms with Gasteiger partial charge in [0, 0.05) is 24.0 Å². The Bertz CT molecular complexity index is 1090. The van der Waals surface area contributed by atoms with Crippen molar-refractivity contribution in [1.82, 2.24) is 5.43 Å². The number of benzene rings is 2. The van der Waals surface area contributed by atoms with Gasteiger partial charge >= 0.3 is 0 Å². The molecule has 2 aromatic carbocycles. The summed E-state index contributed by atoms with van der Waals surface area (Å²) in [6, 6.07) is 6.12. The van der Waals surface area contributed by atoms with Crippen molar-refractivity contribution in [1.29, 1.82) is 0 Å². The molecule has 2 heterocycles. The highest BCUT2D eigenvalue weighted by Crippen LogP contribution is 2.52. The third-order valence-electron chi connectivity index (χ3n) is 4.99. The van der Waals surface area contributed by atoms with E-state index >= 15 is 0 Å². The number of ether oxygens (including phenoxy) is 4. The Morgan fingerprint density at radius 1 is 1.25 bits per heavy atom. The molecule has 32 heavy (non-hydrogen) atoms. The first-order valence-electron chi connectivity index (χ1n) is 9.65. The fraction of sp³-hybridized carbons (Fsp3) is 0.286. The van der Waals surface area contributed by atoms with Crippen LogP contribution in [-0.4, -0.2) is 44.2 Å². The van der Waals surface area contributed by atoms with Crippen LogP contribution in [0.15, 0.2) is 34.5 Å². The van der Waals surface area contributed by atoms with Crippen LogP contribution in [0.25, 0.3) is 0 Å². The van der Waals surface area contributed by atoms with Crippen LogP contribution in [0.3, 0.4) is 0 Å². The largest absolute Gasteiger partial charge is 0.492 e. The van der Waals surface area contributed by atoms with Crippen LogP contribution in [0.1, 0.15) is 23.1 Å². The molecule has 1 atom stereocenters. The molecule has 9 nitrogen and oxygen atoms in total. The molecule has 3 N–H and O–H groups in total. The summed E-state index contributed by atoms with van der Waals surface area (Å²) in [5.41, 5.74) is 10.9. The summed E-state index contributed by atoms with van der Waals surface area (Å²) in [5.74, 6) is 1.44. The van der Waals surface area contributed by atoms with Crippen LogP contribution in [0, 0.1) is 5.82 Å². The fourth-order valence-electron chi connectivity index (χ4n) is 3.63. The zero-order valence-corrected chi connectivity index (χ0v) is 18.2. The van der Waals surface area contributed by atoms with E-state index in [1.807, 2.05) is 0 Å². The average molecular weight is 460 g/mol. The van der Waals surface area contributed by atoms with Gasteiger partial charge in [-0.25, -0.2) is 4.39 Å². The second-order valence-electron chi connectivity index (χ2n) is 6.94. The number of thiocarbonyl (C=S) groups is 1. The Morgan fingerprint density at radius 3 is 2.66 bits per heavy atom. The number of hydrogen-bond acceptors (Lipinski definition) is 8. The predicted molar refractivity (Wildman–Crippen MR) is 119 cm³/mol. The molecular weight excluding hydrogens is 439 g/mol. The minimum atomic E-state index is -0.309. The van der Waals surface area contributed by atoms with Crippen molar-refractivity contribution in [2.45, 2.75) is 18.9 Å². The van der Waals surface area contributed by atoms with Crippen molar-refractivity contribution in [3.05, 3.63) is 46.8 Å². The van der Waals surface area contributed by atoms with Gasteiger partial charge in [-0.15, -0.1) is 0 Å². The highest BCUT2D eigenvalue weighted by molar-refractivity contribution is 7.80. The van der Waals surface area contributed by atoms with Crippen LogP contribution in [0.2, 0.25) is 0 Å². The Balaban J connectivity index is 1.67. The van der Waals surface area contributed by atoms with E-state index in [0.717, 1.165) is 16.8 Å². The third kappa shape index (κ3) is 4.24. The molecule has 0 spiro atoms. The maximum absolute atomic E-state index is 13.2. The first-order valence-corrected chi connectivity index (χ1v) is 10.1. The van der Waals surface area contributed by atoms with E-state index in [0.29, 0.717) is 41.4 Å². The third-order valence-corrected chi connectivity index (χ3v) is 5.08. The number of hydrazone groups is 1. The van der Waals surface area contributed by atoms with Crippen molar-refractivity contribution in [2.24, 2.45) is 16.0 Å². The second kappa shape index (κ2) is 9.27. The molecule has 0 amide bonds. The summed E-state index contributed by atoms with van der Waals surface area (Å²) in [6.45, 7) is 0.0274. The van der Waals surface area contributed by atoms with Crippen molar-refractivity contribution in [2.75, 3.05) is 21.0 Å². The molecule has 0 saturated heterocycles. The van der Waals surface area contributed by atoms with E-state index in [1.165, 1.54) is 32.6 Å². The van der Waals surface area contributed by atoms with Gasteiger partial charge in [-0.3, -0.25) is 5.43 Å². The van der Waals surface area contributed by atoms with E-state index in [4.69, 9.17) is 41.7 Å². The minimum Gasteiger partial charge on any atom is -0.492 e. The smallest absolute Gasteiger partial charge is 0.231 e. The standard InChI is InChI=1S/C21H21FN4O5S/c1-27-17-14(7-13-8-16(26-31-13)11-3-5-12(22)6-4-11)15(9-24-25-21(23)32)18-20(19(17)28-2)30-10-29-18/h3-6,9,13H,7-8,10H2,1-2H3,(H3,23,25,32). The Labute approximate surface area is 188 Å². The molecule has 0 fully saturated rings. The molecule has 2 aromatic rings. The minimum absolute atomic E-state index is 0.0218. The number of nitrogens with zero attached hydrogens (tertiary/aromatic N) is 2. The maximum Gasteiger partial charge on any atom is 0.231 e. The molecule has 0 aliphatic carbocycles. The van der Waals surface area contributed by atoms with Gasteiger partial charge in [0.15, 0.2) is 16.6 Å². The summed E-state index contributed by atoms with van der Waals surface area (Å²) in [6.07, 6.45) is 2.15. The van der Waals surface area contributed by atoms with Crippen molar-refractivity contribution < 1.29 is 28.2 Å². The first kappa shape index (κ1) is 21.6. The van der Waals surface area contributed by atoms with Crippen LogP contribution >= 0.6 is 12.2 Å². The number of hydrogen-bond donors (Lipinski definition) is 2. The van der Waals surface area contributed by atoms with Gasteiger partial charge in [0.1, 0.15) is 11.9 Å². The van der Waals surface area contributed by atoms with Crippen LogP contribution < -0.4 is 30.1 Å². The molecule has 0 aromatic heterocycles. The van der Waals surface area contributed by atoms with Gasteiger partial charge in [-0.1, -0.05) is 17.3 Å². The number of fused-ring (bicyclic) bond motifs is 1. The molecule has 2 aliphatic rings. The van der Waals surface area contributed by atoms with Gasteiger partial charge in [0.05, 0.1) is 26.1 Å². The number of rotatable bonds is 7. The molecule has 11 heteroatoms. The van der Waals surface area contributed by atoms with Gasteiger partial charge in [0.25, 0.3) is 0 Å². The second-order valence-corrected chi connectivity index (χ2v) is 7.38. The van der Waals surface area contributed by atoms with Gasteiger partial charge < -0.3 is 29.5 Å². The van der Waals surface area contributed by atoms with Gasteiger partial charge in [0.2, 0.25) is 18.3 Å². The fourth-order valence-corrected chi connectivity index (χ4v) is 3.68. The van der Waals surface area contributed by atoms with Crippen molar-refractivity contribution >= 4 is 29.3 Å². The number of oxime groups is 1. The van der Waals surface area contributed by atoms with E-state index < -0.39 is 0 Å². The maximum atomic E-state index is 13.2. The topological polar surface area (TPSA) is 109 Å². The summed E-state index contributed by atoms with van der Waals surface area (Å²) in [7, 11) is 3.06. The predicted octanol–water partition coefficient (Wildman–Crippen LogP) is 2.47. The molecule has 2 aliphatic heterocycles. The summed E-state index contributed by atoms with van der Waals surface area (Å²) < 4.78 is 35.7. The van der Waals surface area contributed by atoms with Crippen molar-refractivity contribution in [3.63, 3.8) is 0 Å².